The first-order valence-electron chi connectivity index (χ1n) is 23.8. The highest BCUT2D eigenvalue weighted by Gasteiger charge is 2.26. The van der Waals surface area contributed by atoms with Crippen molar-refractivity contribution in [3.05, 3.63) is 24.3 Å². The average Bonchev–Trinajstić information content (AvgIpc) is 3.20. The maximum absolute atomic E-state index is 12.6. The lowest BCUT2D eigenvalue weighted by Gasteiger charge is -2.19. The summed E-state index contributed by atoms with van der Waals surface area (Å²) in [7, 11) is -4.38. The van der Waals surface area contributed by atoms with Gasteiger partial charge in [-0.25, -0.2) is 4.57 Å². The Morgan fingerprint density at radius 1 is 0.509 bits per heavy atom. The molecule has 0 saturated carbocycles. The number of hydrogen-bond donors (Lipinski definition) is 2. The molecule has 2 atom stereocenters. The van der Waals surface area contributed by atoms with Crippen LogP contribution in [0.4, 0.5) is 0 Å². The summed E-state index contributed by atoms with van der Waals surface area (Å²) >= 11 is 0. The van der Waals surface area contributed by atoms with Crippen molar-refractivity contribution < 1.29 is 37.6 Å². The van der Waals surface area contributed by atoms with Crippen LogP contribution in [0, 0.1) is 0 Å². The molecular weight excluding hydrogens is 737 g/mol. The largest absolute Gasteiger partial charge is 0.472 e. The first-order valence-corrected chi connectivity index (χ1v) is 25.3. The Bertz CT molecular complexity index is 990. The number of unbranched alkanes of at least 4 members (excludes halogenated alkanes) is 28. The van der Waals surface area contributed by atoms with E-state index in [-0.39, 0.29) is 38.6 Å². The van der Waals surface area contributed by atoms with E-state index in [1.807, 2.05) is 0 Å². The quantitative estimate of drug-likeness (QED) is 0.0266. The molecule has 336 valence electrons. The van der Waals surface area contributed by atoms with Gasteiger partial charge < -0.3 is 20.1 Å². The first kappa shape index (κ1) is 55.5. The van der Waals surface area contributed by atoms with Crippen LogP contribution in [-0.2, 0) is 32.7 Å². The molecule has 57 heavy (non-hydrogen) atoms. The van der Waals surface area contributed by atoms with Crippen LogP contribution in [0.15, 0.2) is 24.3 Å². The van der Waals surface area contributed by atoms with E-state index in [1.54, 1.807) is 0 Å². The standard InChI is InChI=1S/C47H90NO8P/c1-3-5-7-9-11-13-15-17-19-20-21-22-23-24-26-27-29-31-33-35-37-39-46(49)53-43-45(44-55-57(51,52)54-42-41-48)56-47(50)40-38-36-34-32-30-28-25-18-16-14-12-10-8-6-4-2/h14,16-17,19,45H,3-13,15,18,20-44,48H2,1-2H3,(H,51,52)/b16-14-,19-17-/t45-/m1/s1. The molecule has 0 aliphatic rings. The van der Waals surface area contributed by atoms with Gasteiger partial charge in [-0.15, -0.1) is 0 Å². The molecule has 0 aromatic heterocycles. The van der Waals surface area contributed by atoms with E-state index >= 15 is 0 Å². The minimum Gasteiger partial charge on any atom is -0.462 e. The highest BCUT2D eigenvalue weighted by molar-refractivity contribution is 7.47. The van der Waals surface area contributed by atoms with Crippen LogP contribution >= 0.6 is 7.82 Å². The zero-order chi connectivity index (χ0) is 41.8. The Morgan fingerprint density at radius 3 is 1.26 bits per heavy atom. The maximum atomic E-state index is 12.6. The van der Waals surface area contributed by atoms with E-state index in [4.69, 9.17) is 24.3 Å². The highest BCUT2D eigenvalue weighted by Crippen LogP contribution is 2.43. The summed E-state index contributed by atoms with van der Waals surface area (Å²) in [5.74, 6) is -0.826. The number of carbonyl (C=O) groups is 2. The van der Waals surface area contributed by atoms with Gasteiger partial charge in [0, 0.05) is 19.4 Å². The molecule has 9 nitrogen and oxygen atoms in total. The van der Waals surface area contributed by atoms with Gasteiger partial charge in [0.15, 0.2) is 6.10 Å². The Labute approximate surface area is 351 Å². The second kappa shape index (κ2) is 44.1. The number of phosphoric acid groups is 1. The molecule has 0 bridgehead atoms. The maximum Gasteiger partial charge on any atom is 0.472 e. The summed E-state index contributed by atoms with van der Waals surface area (Å²) in [6.45, 7) is 3.74. The van der Waals surface area contributed by atoms with E-state index in [0.717, 1.165) is 44.9 Å². The van der Waals surface area contributed by atoms with Crippen LogP contribution in [-0.4, -0.2) is 49.3 Å². The predicted molar refractivity (Wildman–Crippen MR) is 238 cm³/mol. The fourth-order valence-corrected chi connectivity index (χ4v) is 7.51. The van der Waals surface area contributed by atoms with Crippen LogP contribution in [0.5, 0.6) is 0 Å². The fraction of sp³-hybridized carbons (Fsp3) is 0.872. The number of esters is 2. The lowest BCUT2D eigenvalue weighted by Crippen LogP contribution is -2.29. The predicted octanol–water partition coefficient (Wildman–Crippen LogP) is 13.9. The van der Waals surface area contributed by atoms with Crippen molar-refractivity contribution in [1.82, 2.24) is 0 Å². The molecule has 0 saturated heterocycles. The second-order valence-corrected chi connectivity index (χ2v) is 17.4. The summed E-state index contributed by atoms with van der Waals surface area (Å²) in [6, 6.07) is 0. The fourth-order valence-electron chi connectivity index (χ4n) is 6.74. The van der Waals surface area contributed by atoms with E-state index in [1.165, 1.54) is 154 Å². The van der Waals surface area contributed by atoms with E-state index < -0.39 is 26.5 Å². The van der Waals surface area contributed by atoms with Crippen molar-refractivity contribution in [2.45, 2.75) is 238 Å². The van der Waals surface area contributed by atoms with Crippen LogP contribution in [0.1, 0.15) is 232 Å². The molecule has 0 radical (unpaired) electrons. The lowest BCUT2D eigenvalue weighted by atomic mass is 10.0. The van der Waals surface area contributed by atoms with Crippen LogP contribution in [0.25, 0.3) is 0 Å². The van der Waals surface area contributed by atoms with E-state index in [9.17, 15) is 19.0 Å². The number of rotatable bonds is 45. The summed E-state index contributed by atoms with van der Waals surface area (Å²) in [5, 5.41) is 0. The minimum absolute atomic E-state index is 0.0540. The Balaban J connectivity index is 4.05. The van der Waals surface area contributed by atoms with Crippen molar-refractivity contribution in [1.29, 1.82) is 0 Å². The molecule has 3 N–H and O–H groups in total. The van der Waals surface area contributed by atoms with E-state index in [2.05, 4.69) is 38.2 Å². The van der Waals surface area contributed by atoms with Gasteiger partial charge in [-0.3, -0.25) is 18.6 Å². The number of nitrogens with two attached hydrogens (primary N) is 1. The van der Waals surface area contributed by atoms with Gasteiger partial charge >= 0.3 is 19.8 Å². The molecule has 10 heteroatoms. The zero-order valence-electron chi connectivity index (χ0n) is 37.1. The van der Waals surface area contributed by atoms with Gasteiger partial charge in [-0.2, -0.15) is 0 Å². The third-order valence-electron chi connectivity index (χ3n) is 10.3. The Hall–Kier alpha value is -1.51. The van der Waals surface area contributed by atoms with Crippen molar-refractivity contribution in [2.24, 2.45) is 5.73 Å². The van der Waals surface area contributed by atoms with Gasteiger partial charge in [-0.05, 0) is 64.2 Å². The molecule has 0 fully saturated rings. The Morgan fingerprint density at radius 2 is 0.860 bits per heavy atom. The van der Waals surface area contributed by atoms with Crippen molar-refractivity contribution in [3.8, 4) is 0 Å². The SMILES string of the molecule is CCCCCC/C=C\CCCCCCCCCC(=O)O[C@H](COC(=O)CCCCCCCCCCCCC/C=C\CCCCCCCC)COP(=O)(O)OCCN. The molecule has 0 aromatic carbocycles. The van der Waals surface area contributed by atoms with Crippen molar-refractivity contribution in [2.75, 3.05) is 26.4 Å². The van der Waals surface area contributed by atoms with E-state index in [0.29, 0.717) is 6.42 Å². The second-order valence-electron chi connectivity index (χ2n) is 16.0. The minimum atomic E-state index is -4.38. The molecule has 0 heterocycles. The molecule has 0 aromatic rings. The van der Waals surface area contributed by atoms with Gasteiger partial charge in [0.05, 0.1) is 13.2 Å². The lowest BCUT2D eigenvalue weighted by molar-refractivity contribution is -0.161. The Kier molecular flexibility index (Phi) is 42.9. The van der Waals surface area contributed by atoms with Gasteiger partial charge in [0.25, 0.3) is 0 Å². The van der Waals surface area contributed by atoms with Crippen molar-refractivity contribution >= 4 is 19.8 Å². The smallest absolute Gasteiger partial charge is 0.462 e. The highest BCUT2D eigenvalue weighted by atomic mass is 31.2. The van der Waals surface area contributed by atoms with Gasteiger partial charge in [0.1, 0.15) is 6.61 Å². The van der Waals surface area contributed by atoms with Crippen LogP contribution in [0.2, 0.25) is 0 Å². The molecule has 0 aliphatic heterocycles. The molecule has 0 rings (SSSR count). The summed E-state index contributed by atoms with van der Waals surface area (Å²) < 4.78 is 32.8. The van der Waals surface area contributed by atoms with Crippen LogP contribution < -0.4 is 5.73 Å². The monoisotopic (exact) mass is 828 g/mol. The average molecular weight is 828 g/mol. The molecular formula is C47H90NO8P. The number of phosphoric ester groups is 1. The molecule has 0 amide bonds. The molecule has 1 unspecified atom stereocenters. The first-order chi connectivity index (χ1) is 27.8. The summed E-state index contributed by atoms with van der Waals surface area (Å²) in [5.41, 5.74) is 5.36. The number of ether oxygens (including phenoxy) is 2. The molecule has 0 aliphatic carbocycles. The third kappa shape index (κ3) is 43.9. The van der Waals surface area contributed by atoms with Crippen molar-refractivity contribution in [3.63, 3.8) is 0 Å². The number of allylic oxidation sites excluding steroid dienone is 4. The van der Waals surface area contributed by atoms with Gasteiger partial charge in [-0.1, -0.05) is 179 Å². The summed E-state index contributed by atoms with van der Waals surface area (Å²) in [6.07, 6.45) is 47.8. The third-order valence-corrected chi connectivity index (χ3v) is 11.3. The molecule has 0 spiro atoms. The number of hydrogen-bond acceptors (Lipinski definition) is 8. The van der Waals surface area contributed by atoms with Gasteiger partial charge in [0.2, 0.25) is 0 Å². The normalized spacial score (nSPS) is 13.4. The summed E-state index contributed by atoms with van der Waals surface area (Å²) in [4.78, 5) is 34.9. The zero-order valence-corrected chi connectivity index (χ0v) is 38.0. The number of carbonyl (C=O) groups excluding carboxylic acids is 2. The topological polar surface area (TPSA) is 134 Å². The van der Waals surface area contributed by atoms with Crippen LogP contribution in [0.3, 0.4) is 0 Å².